The molecular formula is C18H20BrNO. The van der Waals surface area contributed by atoms with Crippen LogP contribution in [0.3, 0.4) is 0 Å². The minimum absolute atomic E-state index is 0.0925. The van der Waals surface area contributed by atoms with E-state index in [1.54, 1.807) is 0 Å². The van der Waals surface area contributed by atoms with Crippen molar-refractivity contribution in [1.29, 1.82) is 0 Å². The van der Waals surface area contributed by atoms with Crippen LogP contribution in [-0.2, 0) is 13.0 Å². The van der Waals surface area contributed by atoms with Crippen molar-refractivity contribution in [3.63, 3.8) is 0 Å². The van der Waals surface area contributed by atoms with E-state index in [0.29, 0.717) is 0 Å². The summed E-state index contributed by atoms with van der Waals surface area (Å²) in [6.45, 7) is 7.15. The molecule has 0 fully saturated rings. The molecule has 1 N–H and O–H groups in total. The van der Waals surface area contributed by atoms with Gasteiger partial charge in [-0.3, -0.25) is 0 Å². The van der Waals surface area contributed by atoms with Crippen LogP contribution >= 0.6 is 15.9 Å². The standard InChI is InChI=1S/C18H20BrNO/c1-12-7-15(19)9-16(8-12)20-11-14-6-4-5-13-10-18(2,3)21-17(13)14/h4-9,20H,10-11H2,1-3H3. The van der Waals surface area contributed by atoms with E-state index in [1.807, 2.05) is 0 Å². The predicted molar refractivity (Wildman–Crippen MR) is 91.1 cm³/mol. The van der Waals surface area contributed by atoms with Gasteiger partial charge in [-0.15, -0.1) is 0 Å². The fourth-order valence-electron chi connectivity index (χ4n) is 2.85. The molecule has 0 aliphatic carbocycles. The van der Waals surface area contributed by atoms with E-state index >= 15 is 0 Å². The molecule has 2 nitrogen and oxygen atoms in total. The van der Waals surface area contributed by atoms with Crippen LogP contribution in [0.2, 0.25) is 0 Å². The van der Waals surface area contributed by atoms with E-state index in [4.69, 9.17) is 4.74 Å². The van der Waals surface area contributed by atoms with E-state index in [-0.39, 0.29) is 5.60 Å². The Morgan fingerprint density at radius 1 is 1.24 bits per heavy atom. The lowest BCUT2D eigenvalue weighted by molar-refractivity contribution is 0.137. The van der Waals surface area contributed by atoms with Crippen LogP contribution in [0, 0.1) is 6.92 Å². The Bertz CT molecular complexity index is 659. The first kappa shape index (κ1) is 14.5. The molecule has 0 saturated heterocycles. The molecule has 2 aromatic carbocycles. The van der Waals surface area contributed by atoms with Gasteiger partial charge in [0.05, 0.1) is 0 Å². The largest absolute Gasteiger partial charge is 0.487 e. The number of benzene rings is 2. The van der Waals surface area contributed by atoms with E-state index in [0.717, 1.165) is 28.9 Å². The van der Waals surface area contributed by atoms with Gasteiger partial charge in [0.15, 0.2) is 0 Å². The summed E-state index contributed by atoms with van der Waals surface area (Å²) < 4.78 is 7.21. The third kappa shape index (κ3) is 3.24. The average molecular weight is 346 g/mol. The molecule has 21 heavy (non-hydrogen) atoms. The van der Waals surface area contributed by atoms with E-state index < -0.39 is 0 Å². The molecule has 0 spiro atoms. The highest BCUT2D eigenvalue weighted by atomic mass is 79.9. The van der Waals surface area contributed by atoms with Crippen LogP contribution in [0.25, 0.3) is 0 Å². The second-order valence-electron chi connectivity index (χ2n) is 6.31. The molecular weight excluding hydrogens is 326 g/mol. The number of halogens is 1. The van der Waals surface area contributed by atoms with Gasteiger partial charge >= 0.3 is 0 Å². The van der Waals surface area contributed by atoms with Crippen molar-refractivity contribution in [3.8, 4) is 5.75 Å². The van der Waals surface area contributed by atoms with Gasteiger partial charge in [0.1, 0.15) is 11.4 Å². The van der Waals surface area contributed by atoms with Crippen molar-refractivity contribution in [3.05, 3.63) is 57.6 Å². The molecule has 0 unspecified atom stereocenters. The van der Waals surface area contributed by atoms with Gasteiger partial charge < -0.3 is 10.1 Å². The summed E-state index contributed by atoms with van der Waals surface area (Å²) in [5, 5.41) is 3.49. The predicted octanol–water partition coefficient (Wildman–Crippen LogP) is 5.08. The third-order valence-corrected chi connectivity index (χ3v) is 4.16. The second kappa shape index (κ2) is 5.38. The lowest BCUT2D eigenvalue weighted by Gasteiger charge is -2.18. The maximum absolute atomic E-state index is 6.11. The van der Waals surface area contributed by atoms with Gasteiger partial charge in [-0.05, 0) is 50.1 Å². The van der Waals surface area contributed by atoms with Gasteiger partial charge in [0.2, 0.25) is 0 Å². The van der Waals surface area contributed by atoms with Crippen LogP contribution < -0.4 is 10.1 Å². The molecule has 0 amide bonds. The van der Waals surface area contributed by atoms with E-state index in [2.05, 4.69) is 78.4 Å². The van der Waals surface area contributed by atoms with Crippen molar-refractivity contribution in [1.82, 2.24) is 0 Å². The summed E-state index contributed by atoms with van der Waals surface area (Å²) >= 11 is 3.54. The van der Waals surface area contributed by atoms with Crippen molar-refractivity contribution in [2.75, 3.05) is 5.32 Å². The summed E-state index contributed by atoms with van der Waals surface area (Å²) in [5.74, 6) is 1.06. The number of nitrogens with one attached hydrogen (secondary N) is 1. The first-order chi connectivity index (χ1) is 9.93. The molecule has 1 aliphatic rings. The number of para-hydroxylation sites is 1. The summed E-state index contributed by atoms with van der Waals surface area (Å²) in [6.07, 6.45) is 0.978. The van der Waals surface area contributed by atoms with Crippen LogP contribution in [0.15, 0.2) is 40.9 Å². The number of ether oxygens (including phenoxy) is 1. The molecule has 0 radical (unpaired) electrons. The molecule has 1 heterocycles. The Hall–Kier alpha value is -1.48. The summed E-state index contributed by atoms with van der Waals surface area (Å²) in [7, 11) is 0. The SMILES string of the molecule is Cc1cc(Br)cc(NCc2cccc3c2OC(C)(C)C3)c1. The van der Waals surface area contributed by atoms with Crippen molar-refractivity contribution in [2.24, 2.45) is 0 Å². The summed E-state index contributed by atoms with van der Waals surface area (Å²) in [5.41, 5.74) is 4.80. The van der Waals surface area contributed by atoms with Gasteiger partial charge in [-0.25, -0.2) is 0 Å². The molecule has 3 rings (SSSR count). The van der Waals surface area contributed by atoms with E-state index in [9.17, 15) is 0 Å². The van der Waals surface area contributed by atoms with Crippen LogP contribution in [0.5, 0.6) is 5.75 Å². The Morgan fingerprint density at radius 3 is 2.81 bits per heavy atom. The fraction of sp³-hybridized carbons (Fsp3) is 0.333. The Labute approximate surface area is 134 Å². The smallest absolute Gasteiger partial charge is 0.128 e. The zero-order chi connectivity index (χ0) is 15.0. The van der Waals surface area contributed by atoms with Crippen molar-refractivity contribution in [2.45, 2.75) is 39.3 Å². The van der Waals surface area contributed by atoms with Gasteiger partial charge in [-0.2, -0.15) is 0 Å². The number of hydrogen-bond donors (Lipinski definition) is 1. The monoisotopic (exact) mass is 345 g/mol. The highest BCUT2D eigenvalue weighted by Crippen LogP contribution is 2.37. The third-order valence-electron chi connectivity index (χ3n) is 3.70. The number of rotatable bonds is 3. The molecule has 2 aromatic rings. The minimum atomic E-state index is -0.0925. The highest BCUT2D eigenvalue weighted by Gasteiger charge is 2.31. The zero-order valence-corrected chi connectivity index (χ0v) is 14.3. The zero-order valence-electron chi connectivity index (χ0n) is 12.7. The first-order valence-corrected chi connectivity index (χ1v) is 8.03. The van der Waals surface area contributed by atoms with Crippen LogP contribution in [0.1, 0.15) is 30.5 Å². The number of anilines is 1. The van der Waals surface area contributed by atoms with Crippen LogP contribution in [0.4, 0.5) is 5.69 Å². The normalized spacial score (nSPS) is 15.4. The topological polar surface area (TPSA) is 21.3 Å². The van der Waals surface area contributed by atoms with Gasteiger partial charge in [-0.1, -0.05) is 34.1 Å². The number of fused-ring (bicyclic) bond motifs is 1. The molecule has 0 saturated carbocycles. The number of aryl methyl sites for hydroxylation is 1. The van der Waals surface area contributed by atoms with Crippen molar-refractivity contribution < 1.29 is 4.74 Å². The molecule has 110 valence electrons. The Morgan fingerprint density at radius 2 is 2.05 bits per heavy atom. The van der Waals surface area contributed by atoms with Crippen LogP contribution in [-0.4, -0.2) is 5.60 Å². The minimum Gasteiger partial charge on any atom is -0.487 e. The Kier molecular flexibility index (Phi) is 3.70. The summed E-state index contributed by atoms with van der Waals surface area (Å²) in [6, 6.07) is 12.8. The number of hydrogen-bond acceptors (Lipinski definition) is 2. The second-order valence-corrected chi connectivity index (χ2v) is 7.23. The molecule has 3 heteroatoms. The Balaban J connectivity index is 1.79. The highest BCUT2D eigenvalue weighted by molar-refractivity contribution is 9.10. The maximum Gasteiger partial charge on any atom is 0.128 e. The molecule has 0 aromatic heterocycles. The van der Waals surface area contributed by atoms with Gasteiger partial charge in [0.25, 0.3) is 0 Å². The maximum atomic E-state index is 6.11. The van der Waals surface area contributed by atoms with Gasteiger partial charge in [0, 0.05) is 28.7 Å². The van der Waals surface area contributed by atoms with E-state index in [1.165, 1.54) is 16.7 Å². The fourth-order valence-corrected chi connectivity index (χ4v) is 3.46. The lowest BCUT2D eigenvalue weighted by Crippen LogP contribution is -2.25. The first-order valence-electron chi connectivity index (χ1n) is 7.24. The summed E-state index contributed by atoms with van der Waals surface area (Å²) in [4.78, 5) is 0. The molecule has 0 bridgehead atoms. The lowest BCUT2D eigenvalue weighted by atomic mass is 10.0. The molecule has 0 atom stereocenters. The quantitative estimate of drug-likeness (QED) is 0.837. The average Bonchev–Trinajstić information content (AvgIpc) is 2.69. The molecule has 1 aliphatic heterocycles. The van der Waals surface area contributed by atoms with Crippen molar-refractivity contribution >= 4 is 21.6 Å².